The van der Waals surface area contributed by atoms with Gasteiger partial charge >= 0.3 is 0 Å². The number of H-pyrrole nitrogens is 1. The minimum absolute atomic E-state index is 0.00277. The lowest BCUT2D eigenvalue weighted by molar-refractivity contribution is -0.126. The molecule has 0 spiro atoms. The SMILES string of the molecule is Cc1nc(C)c(CC(=O)N[C@@H]2CCOC[C@H]2OCc2ccccc2)c(=O)[nH]1. The van der Waals surface area contributed by atoms with Crippen LogP contribution in [0.25, 0.3) is 0 Å². The van der Waals surface area contributed by atoms with Crippen molar-refractivity contribution in [3.8, 4) is 0 Å². The number of nitrogens with one attached hydrogen (secondary N) is 2. The van der Waals surface area contributed by atoms with Crippen LogP contribution in [0.2, 0.25) is 0 Å². The highest BCUT2D eigenvalue weighted by Gasteiger charge is 2.28. The number of hydrogen-bond acceptors (Lipinski definition) is 5. The van der Waals surface area contributed by atoms with Crippen LogP contribution in [0.1, 0.15) is 29.1 Å². The maximum atomic E-state index is 12.5. The van der Waals surface area contributed by atoms with E-state index in [1.54, 1.807) is 13.8 Å². The Kier molecular flexibility index (Phi) is 6.36. The van der Waals surface area contributed by atoms with Crippen LogP contribution in [-0.2, 0) is 27.3 Å². The highest BCUT2D eigenvalue weighted by molar-refractivity contribution is 5.79. The second-order valence-electron chi connectivity index (χ2n) is 6.76. The van der Waals surface area contributed by atoms with E-state index in [1.807, 2.05) is 30.3 Å². The van der Waals surface area contributed by atoms with Gasteiger partial charge in [-0.3, -0.25) is 9.59 Å². The van der Waals surface area contributed by atoms with Crippen molar-refractivity contribution in [1.29, 1.82) is 0 Å². The van der Waals surface area contributed by atoms with Gasteiger partial charge in [0, 0.05) is 17.9 Å². The fourth-order valence-corrected chi connectivity index (χ4v) is 3.20. The standard InChI is InChI=1S/C20H25N3O4/c1-13-16(20(25)22-14(2)21-13)10-19(24)23-17-8-9-26-12-18(17)27-11-15-6-4-3-5-7-15/h3-7,17-18H,8-12H2,1-2H3,(H,23,24)(H,21,22,25)/t17-,18-/m1/s1. The fourth-order valence-electron chi connectivity index (χ4n) is 3.20. The summed E-state index contributed by atoms with van der Waals surface area (Å²) in [7, 11) is 0. The van der Waals surface area contributed by atoms with Crippen LogP contribution in [0.3, 0.4) is 0 Å². The van der Waals surface area contributed by atoms with Gasteiger partial charge < -0.3 is 19.8 Å². The molecule has 2 atom stereocenters. The predicted octanol–water partition coefficient (Wildman–Crippen LogP) is 1.42. The number of aromatic amines is 1. The molecule has 1 fully saturated rings. The van der Waals surface area contributed by atoms with E-state index in [0.29, 0.717) is 43.3 Å². The van der Waals surface area contributed by atoms with Crippen molar-refractivity contribution in [3.05, 3.63) is 63.3 Å². The summed E-state index contributed by atoms with van der Waals surface area (Å²) in [4.78, 5) is 31.5. The van der Waals surface area contributed by atoms with Crippen LogP contribution in [0.15, 0.2) is 35.1 Å². The lowest BCUT2D eigenvalue weighted by Crippen LogP contribution is -2.50. The summed E-state index contributed by atoms with van der Waals surface area (Å²) in [5, 5.41) is 3.00. The van der Waals surface area contributed by atoms with Crippen molar-refractivity contribution < 1.29 is 14.3 Å². The molecule has 0 radical (unpaired) electrons. The van der Waals surface area contributed by atoms with Gasteiger partial charge in [0.2, 0.25) is 5.91 Å². The monoisotopic (exact) mass is 371 g/mol. The number of benzene rings is 1. The number of carbonyl (C=O) groups is 1. The molecular weight excluding hydrogens is 346 g/mol. The van der Waals surface area contributed by atoms with Gasteiger partial charge in [0.1, 0.15) is 11.9 Å². The van der Waals surface area contributed by atoms with Gasteiger partial charge in [-0.2, -0.15) is 0 Å². The molecule has 3 rings (SSSR count). The number of rotatable bonds is 6. The third-order valence-corrected chi connectivity index (χ3v) is 4.64. The molecule has 7 nitrogen and oxygen atoms in total. The van der Waals surface area contributed by atoms with Gasteiger partial charge in [-0.1, -0.05) is 30.3 Å². The Morgan fingerprint density at radius 3 is 2.85 bits per heavy atom. The van der Waals surface area contributed by atoms with Gasteiger partial charge in [0.05, 0.1) is 25.7 Å². The summed E-state index contributed by atoms with van der Waals surface area (Å²) in [6.07, 6.45) is 0.447. The molecule has 2 aromatic rings. The van der Waals surface area contributed by atoms with Gasteiger partial charge in [-0.05, 0) is 25.8 Å². The van der Waals surface area contributed by atoms with Crippen molar-refractivity contribution in [3.63, 3.8) is 0 Å². The first-order valence-corrected chi connectivity index (χ1v) is 9.12. The van der Waals surface area contributed by atoms with Gasteiger partial charge in [-0.15, -0.1) is 0 Å². The predicted molar refractivity (Wildman–Crippen MR) is 100 cm³/mol. The van der Waals surface area contributed by atoms with Crippen LogP contribution in [0.4, 0.5) is 0 Å². The minimum atomic E-state index is -0.265. The summed E-state index contributed by atoms with van der Waals surface area (Å²) in [5.74, 6) is 0.329. The Morgan fingerprint density at radius 2 is 2.11 bits per heavy atom. The van der Waals surface area contributed by atoms with Crippen LogP contribution in [0.5, 0.6) is 0 Å². The molecule has 1 saturated heterocycles. The maximum absolute atomic E-state index is 12.5. The van der Waals surface area contributed by atoms with E-state index in [2.05, 4.69) is 15.3 Å². The van der Waals surface area contributed by atoms with E-state index in [9.17, 15) is 9.59 Å². The first-order chi connectivity index (χ1) is 13.0. The number of aromatic nitrogens is 2. The molecule has 1 aliphatic rings. The molecule has 0 unspecified atom stereocenters. The third-order valence-electron chi connectivity index (χ3n) is 4.64. The molecule has 27 heavy (non-hydrogen) atoms. The Hall–Kier alpha value is -2.51. The number of carbonyl (C=O) groups excluding carboxylic acids is 1. The van der Waals surface area contributed by atoms with E-state index in [1.165, 1.54) is 0 Å². The molecule has 0 saturated carbocycles. The maximum Gasteiger partial charge on any atom is 0.254 e. The number of ether oxygens (including phenoxy) is 2. The Labute approximate surface area is 158 Å². The smallest absolute Gasteiger partial charge is 0.254 e. The molecule has 1 aliphatic heterocycles. The first kappa shape index (κ1) is 19.3. The zero-order chi connectivity index (χ0) is 19.2. The molecular formula is C20H25N3O4. The van der Waals surface area contributed by atoms with Crippen LogP contribution < -0.4 is 10.9 Å². The highest BCUT2D eigenvalue weighted by atomic mass is 16.5. The minimum Gasteiger partial charge on any atom is -0.379 e. The molecule has 1 amide bonds. The fraction of sp³-hybridized carbons (Fsp3) is 0.450. The lowest BCUT2D eigenvalue weighted by Gasteiger charge is -2.32. The second kappa shape index (κ2) is 8.92. The van der Waals surface area contributed by atoms with Crippen LogP contribution >= 0.6 is 0 Å². The van der Waals surface area contributed by atoms with Crippen LogP contribution in [0, 0.1) is 13.8 Å². The molecule has 2 N–H and O–H groups in total. The summed E-state index contributed by atoms with van der Waals surface area (Å²) in [5.41, 5.74) is 1.78. The van der Waals surface area contributed by atoms with Gasteiger partial charge in [-0.25, -0.2) is 4.98 Å². The summed E-state index contributed by atoms with van der Waals surface area (Å²) < 4.78 is 11.5. The summed E-state index contributed by atoms with van der Waals surface area (Å²) in [6, 6.07) is 9.73. The Bertz CT molecular complexity index is 835. The van der Waals surface area contributed by atoms with Crippen molar-refractivity contribution in [2.75, 3.05) is 13.2 Å². The van der Waals surface area contributed by atoms with E-state index < -0.39 is 0 Å². The van der Waals surface area contributed by atoms with E-state index in [-0.39, 0.29) is 30.0 Å². The highest BCUT2D eigenvalue weighted by Crippen LogP contribution is 2.14. The zero-order valence-corrected chi connectivity index (χ0v) is 15.7. The molecule has 2 heterocycles. The number of hydrogen-bond donors (Lipinski definition) is 2. The average molecular weight is 371 g/mol. The topological polar surface area (TPSA) is 93.3 Å². The third kappa shape index (κ3) is 5.24. The normalized spacial score (nSPS) is 19.6. The zero-order valence-electron chi connectivity index (χ0n) is 15.7. The van der Waals surface area contributed by atoms with Crippen LogP contribution in [-0.4, -0.2) is 41.2 Å². The Morgan fingerprint density at radius 1 is 1.33 bits per heavy atom. The molecule has 0 bridgehead atoms. The lowest BCUT2D eigenvalue weighted by atomic mass is 10.0. The first-order valence-electron chi connectivity index (χ1n) is 9.12. The van der Waals surface area contributed by atoms with E-state index in [0.717, 1.165) is 5.56 Å². The van der Waals surface area contributed by atoms with Crippen molar-refractivity contribution in [1.82, 2.24) is 15.3 Å². The van der Waals surface area contributed by atoms with Crippen molar-refractivity contribution >= 4 is 5.91 Å². The number of amides is 1. The van der Waals surface area contributed by atoms with Gasteiger partial charge in [0.25, 0.3) is 5.56 Å². The second-order valence-corrected chi connectivity index (χ2v) is 6.76. The van der Waals surface area contributed by atoms with Crippen molar-refractivity contribution in [2.24, 2.45) is 0 Å². The number of nitrogens with zero attached hydrogens (tertiary/aromatic N) is 1. The summed E-state index contributed by atoms with van der Waals surface area (Å²) in [6.45, 7) is 4.92. The quantitative estimate of drug-likeness (QED) is 0.801. The molecule has 144 valence electrons. The largest absolute Gasteiger partial charge is 0.379 e. The van der Waals surface area contributed by atoms with Crippen molar-refractivity contribution in [2.45, 2.75) is 45.4 Å². The van der Waals surface area contributed by atoms with E-state index in [4.69, 9.17) is 9.47 Å². The number of aryl methyl sites for hydroxylation is 2. The average Bonchev–Trinajstić information content (AvgIpc) is 2.65. The Balaban J connectivity index is 1.60. The summed E-state index contributed by atoms with van der Waals surface area (Å²) >= 11 is 0. The van der Waals surface area contributed by atoms with Gasteiger partial charge in [0.15, 0.2) is 0 Å². The van der Waals surface area contributed by atoms with E-state index >= 15 is 0 Å². The molecule has 0 aliphatic carbocycles. The molecule has 7 heteroatoms. The molecule has 1 aromatic carbocycles. The molecule has 1 aromatic heterocycles.